The smallest absolute Gasteiger partial charge is 0.307 e. The Kier molecular flexibility index (Phi) is 5.94. The molecule has 0 N–H and O–H groups in total. The Morgan fingerprint density at radius 2 is 2.03 bits per heavy atom. The van der Waals surface area contributed by atoms with E-state index in [1.807, 2.05) is 0 Å². The molecule has 0 unspecified atom stereocenters. The van der Waals surface area contributed by atoms with Crippen LogP contribution in [0, 0.1) is 21.4 Å². The third-order valence-electron chi connectivity index (χ3n) is 4.22. The minimum Gasteiger partial charge on any atom is -0.496 e. The van der Waals surface area contributed by atoms with Gasteiger partial charge in [0.1, 0.15) is 29.1 Å². The molecule has 0 saturated heterocycles. The summed E-state index contributed by atoms with van der Waals surface area (Å²) in [5, 5.41) is 24.2. The highest BCUT2D eigenvalue weighted by molar-refractivity contribution is 7.95. The summed E-state index contributed by atoms with van der Waals surface area (Å²) in [5.74, 6) is 0.495. The number of allylic oxidation sites excluding steroid dienone is 1. The first-order valence-electron chi connectivity index (χ1n) is 8.61. The summed E-state index contributed by atoms with van der Waals surface area (Å²) in [4.78, 5) is 9.91. The van der Waals surface area contributed by atoms with Gasteiger partial charge in [-0.15, -0.1) is 0 Å². The van der Waals surface area contributed by atoms with Crippen LogP contribution in [0.15, 0.2) is 70.7 Å². The summed E-state index contributed by atoms with van der Waals surface area (Å²) >= 11 is 0. The van der Waals surface area contributed by atoms with Gasteiger partial charge in [0.2, 0.25) is 9.84 Å². The molecule has 9 nitrogen and oxygen atoms in total. The van der Waals surface area contributed by atoms with Gasteiger partial charge >= 0.3 is 5.69 Å². The summed E-state index contributed by atoms with van der Waals surface area (Å²) in [6.45, 7) is 0.159. The first-order valence-corrected chi connectivity index (χ1v) is 10.1. The van der Waals surface area contributed by atoms with Crippen molar-refractivity contribution in [3.8, 4) is 11.8 Å². The Bertz CT molecular complexity index is 1260. The van der Waals surface area contributed by atoms with Crippen molar-refractivity contribution in [3.63, 3.8) is 0 Å². The molecule has 0 aliphatic heterocycles. The molecule has 3 aromatic rings. The lowest BCUT2D eigenvalue weighted by atomic mass is 10.1. The van der Waals surface area contributed by atoms with E-state index in [9.17, 15) is 23.8 Å². The molecule has 3 rings (SSSR count). The number of nitro groups is 1. The molecule has 152 valence electrons. The standard InChI is InChI=1S/C20H16N4O5S/c1-29-20-8-7-15(9-16(20)13-23-14-17(12-22-23)24(25)26)10-19(11-21)30(27,28)18-5-3-2-4-6-18/h2-10,12,14H,13H2,1H3. The van der Waals surface area contributed by atoms with E-state index in [0.29, 0.717) is 16.9 Å². The van der Waals surface area contributed by atoms with Crippen molar-refractivity contribution in [2.24, 2.45) is 0 Å². The second kappa shape index (κ2) is 8.59. The maximum absolute atomic E-state index is 12.7. The highest BCUT2D eigenvalue weighted by Crippen LogP contribution is 2.25. The molecule has 0 bridgehead atoms. The third-order valence-corrected chi connectivity index (χ3v) is 5.90. The number of hydrogen-bond acceptors (Lipinski definition) is 7. The molecule has 0 amide bonds. The van der Waals surface area contributed by atoms with Crippen LogP contribution in [0.3, 0.4) is 0 Å². The van der Waals surface area contributed by atoms with E-state index < -0.39 is 19.7 Å². The van der Waals surface area contributed by atoms with E-state index >= 15 is 0 Å². The fraction of sp³-hybridized carbons (Fsp3) is 0.100. The van der Waals surface area contributed by atoms with Crippen LogP contribution >= 0.6 is 0 Å². The van der Waals surface area contributed by atoms with Gasteiger partial charge in [0.15, 0.2) is 0 Å². The van der Waals surface area contributed by atoms with Crippen LogP contribution in [0.4, 0.5) is 5.69 Å². The van der Waals surface area contributed by atoms with E-state index in [4.69, 9.17) is 4.74 Å². The largest absolute Gasteiger partial charge is 0.496 e. The minimum absolute atomic E-state index is 0.0235. The Morgan fingerprint density at radius 1 is 1.30 bits per heavy atom. The lowest BCUT2D eigenvalue weighted by molar-refractivity contribution is -0.385. The summed E-state index contributed by atoms with van der Waals surface area (Å²) in [6.07, 6.45) is 3.69. The first-order chi connectivity index (χ1) is 14.3. The number of rotatable bonds is 7. The van der Waals surface area contributed by atoms with Gasteiger partial charge < -0.3 is 4.74 Å². The maximum Gasteiger partial charge on any atom is 0.307 e. The molecule has 1 heterocycles. The van der Waals surface area contributed by atoms with Gasteiger partial charge in [-0.05, 0) is 35.9 Å². The summed E-state index contributed by atoms with van der Waals surface area (Å²) in [6, 6.07) is 14.3. The van der Waals surface area contributed by atoms with E-state index in [2.05, 4.69) is 5.10 Å². The Labute approximate surface area is 172 Å². The zero-order chi connectivity index (χ0) is 21.7. The highest BCUT2D eigenvalue weighted by Gasteiger charge is 2.20. The quantitative estimate of drug-likeness (QED) is 0.324. The van der Waals surface area contributed by atoms with Crippen molar-refractivity contribution in [2.75, 3.05) is 7.11 Å². The summed E-state index contributed by atoms with van der Waals surface area (Å²) in [5.41, 5.74) is 0.924. The van der Waals surface area contributed by atoms with Crippen LogP contribution in [0.2, 0.25) is 0 Å². The Hall–Kier alpha value is -3.97. The highest BCUT2D eigenvalue weighted by atomic mass is 32.2. The minimum atomic E-state index is -3.97. The number of ether oxygens (including phenoxy) is 1. The summed E-state index contributed by atoms with van der Waals surface area (Å²) in [7, 11) is -2.49. The molecule has 0 aliphatic carbocycles. The molecular formula is C20H16N4O5S. The van der Waals surface area contributed by atoms with Gasteiger partial charge in [-0.25, -0.2) is 8.42 Å². The van der Waals surface area contributed by atoms with Crippen LogP contribution in [-0.2, 0) is 16.4 Å². The van der Waals surface area contributed by atoms with E-state index in [1.165, 1.54) is 36.2 Å². The number of sulfone groups is 1. The second-order valence-electron chi connectivity index (χ2n) is 6.16. The average molecular weight is 424 g/mol. The maximum atomic E-state index is 12.7. The molecule has 2 aromatic carbocycles. The van der Waals surface area contributed by atoms with Gasteiger partial charge in [-0.3, -0.25) is 14.8 Å². The fourth-order valence-corrected chi connectivity index (χ4v) is 3.95. The van der Waals surface area contributed by atoms with Crippen molar-refractivity contribution in [1.82, 2.24) is 9.78 Å². The average Bonchev–Trinajstić information content (AvgIpc) is 3.21. The molecular weight excluding hydrogens is 408 g/mol. The number of aromatic nitrogens is 2. The van der Waals surface area contributed by atoms with E-state index in [1.54, 1.807) is 42.5 Å². The molecule has 0 saturated carbocycles. The van der Waals surface area contributed by atoms with Crippen molar-refractivity contribution in [2.45, 2.75) is 11.4 Å². The molecule has 30 heavy (non-hydrogen) atoms. The van der Waals surface area contributed by atoms with Crippen LogP contribution in [0.5, 0.6) is 5.75 Å². The van der Waals surface area contributed by atoms with E-state index in [0.717, 1.165) is 6.20 Å². The normalized spacial score (nSPS) is 11.7. The van der Waals surface area contributed by atoms with Gasteiger partial charge in [0.25, 0.3) is 0 Å². The van der Waals surface area contributed by atoms with E-state index in [-0.39, 0.29) is 17.1 Å². The first kappa shape index (κ1) is 20.8. The zero-order valence-electron chi connectivity index (χ0n) is 15.8. The predicted molar refractivity (Wildman–Crippen MR) is 108 cm³/mol. The summed E-state index contributed by atoms with van der Waals surface area (Å²) < 4.78 is 32.2. The lowest BCUT2D eigenvalue weighted by Gasteiger charge is -2.10. The van der Waals surface area contributed by atoms with Gasteiger partial charge in [-0.1, -0.05) is 24.3 Å². The Morgan fingerprint density at radius 3 is 2.63 bits per heavy atom. The van der Waals surface area contributed by atoms with Crippen LogP contribution < -0.4 is 4.74 Å². The lowest BCUT2D eigenvalue weighted by Crippen LogP contribution is -2.04. The molecule has 0 spiro atoms. The number of hydrogen-bond donors (Lipinski definition) is 0. The second-order valence-corrected chi connectivity index (χ2v) is 8.08. The van der Waals surface area contributed by atoms with Crippen LogP contribution in [-0.4, -0.2) is 30.2 Å². The van der Waals surface area contributed by atoms with Crippen molar-refractivity contribution >= 4 is 21.6 Å². The topological polar surface area (TPSA) is 128 Å². The predicted octanol–water partition coefficient (Wildman–Crippen LogP) is 3.19. The monoisotopic (exact) mass is 424 g/mol. The SMILES string of the molecule is COc1ccc(C=C(C#N)S(=O)(=O)c2ccccc2)cc1Cn1cc([N+](=O)[O-])cn1. The molecule has 0 atom stereocenters. The van der Waals surface area contributed by atoms with Crippen molar-refractivity contribution in [1.29, 1.82) is 5.26 Å². The fourth-order valence-electron chi connectivity index (χ4n) is 2.77. The molecule has 0 radical (unpaired) electrons. The molecule has 10 heteroatoms. The molecule has 0 aliphatic rings. The number of nitrogens with zero attached hydrogens (tertiary/aromatic N) is 4. The van der Waals surface area contributed by atoms with Gasteiger partial charge in [0, 0.05) is 5.56 Å². The molecule has 1 aromatic heterocycles. The van der Waals surface area contributed by atoms with Crippen molar-refractivity contribution < 1.29 is 18.1 Å². The number of methoxy groups -OCH3 is 1. The molecule has 0 fully saturated rings. The van der Waals surface area contributed by atoms with Crippen molar-refractivity contribution in [3.05, 3.63) is 87.1 Å². The zero-order valence-corrected chi connectivity index (χ0v) is 16.6. The number of nitriles is 1. The number of benzene rings is 2. The Balaban J connectivity index is 1.98. The van der Waals surface area contributed by atoms with Gasteiger partial charge in [0.05, 0.1) is 23.5 Å². The third kappa shape index (κ3) is 4.37. The van der Waals surface area contributed by atoms with Crippen LogP contribution in [0.25, 0.3) is 6.08 Å². The van der Waals surface area contributed by atoms with Gasteiger partial charge in [-0.2, -0.15) is 10.4 Å². The van der Waals surface area contributed by atoms with Crippen LogP contribution in [0.1, 0.15) is 11.1 Å².